The van der Waals surface area contributed by atoms with Gasteiger partial charge in [0.2, 0.25) is 0 Å². The third kappa shape index (κ3) is 3.57. The van der Waals surface area contributed by atoms with Crippen molar-refractivity contribution in [1.82, 2.24) is 9.55 Å². The number of nitrogens with zero attached hydrogens (tertiary/aromatic N) is 3. The molecular formula is C34H28N4. The molecule has 1 aliphatic heterocycles. The minimum atomic E-state index is -0.00418. The van der Waals surface area contributed by atoms with Crippen molar-refractivity contribution in [3.8, 4) is 17.1 Å². The normalized spacial score (nSPS) is 14.5. The molecule has 1 N–H and O–H groups in total. The van der Waals surface area contributed by atoms with Gasteiger partial charge in [0.25, 0.3) is 0 Å². The smallest absolute Gasteiger partial charge is 0.145 e. The molecule has 0 amide bonds. The second-order valence-electron chi connectivity index (χ2n) is 9.89. The number of anilines is 3. The average Bonchev–Trinajstić information content (AvgIpc) is 3.54. The van der Waals surface area contributed by atoms with Gasteiger partial charge in [-0.15, -0.1) is 0 Å². The van der Waals surface area contributed by atoms with Gasteiger partial charge in [-0.05, 0) is 85.1 Å². The predicted octanol–water partition coefficient (Wildman–Crippen LogP) is 8.57. The predicted molar refractivity (Wildman–Crippen MR) is 157 cm³/mol. The maximum Gasteiger partial charge on any atom is 0.145 e. The van der Waals surface area contributed by atoms with Crippen molar-refractivity contribution in [1.29, 1.82) is 0 Å². The van der Waals surface area contributed by atoms with E-state index < -0.39 is 0 Å². The number of imidazole rings is 1. The Bertz CT molecular complexity index is 1770. The van der Waals surface area contributed by atoms with Gasteiger partial charge in [-0.2, -0.15) is 0 Å². The summed E-state index contributed by atoms with van der Waals surface area (Å²) in [5.74, 6) is 0.965. The minimum absolute atomic E-state index is 0.00418. The van der Waals surface area contributed by atoms with Crippen LogP contribution in [-0.2, 0) is 0 Å². The van der Waals surface area contributed by atoms with Gasteiger partial charge >= 0.3 is 0 Å². The van der Waals surface area contributed by atoms with Crippen LogP contribution in [0.15, 0.2) is 121 Å². The van der Waals surface area contributed by atoms with E-state index >= 15 is 0 Å². The summed E-state index contributed by atoms with van der Waals surface area (Å²) in [5.41, 5.74) is 11.6. The summed E-state index contributed by atoms with van der Waals surface area (Å²) in [6.45, 7) is 4.41. The van der Waals surface area contributed by atoms with Gasteiger partial charge in [-0.25, -0.2) is 4.98 Å². The lowest BCUT2D eigenvalue weighted by atomic mass is 9.97. The zero-order valence-electron chi connectivity index (χ0n) is 21.5. The van der Waals surface area contributed by atoms with Gasteiger partial charge < -0.3 is 10.2 Å². The number of hydrogen-bond acceptors (Lipinski definition) is 3. The van der Waals surface area contributed by atoms with E-state index in [1.54, 1.807) is 0 Å². The van der Waals surface area contributed by atoms with Crippen molar-refractivity contribution in [2.45, 2.75) is 20.0 Å². The number of aryl methyl sites for hydroxylation is 2. The maximum atomic E-state index is 5.12. The second kappa shape index (κ2) is 8.93. The molecule has 0 spiro atoms. The first-order valence-electron chi connectivity index (χ1n) is 13.0. The number of rotatable bonds is 4. The Morgan fingerprint density at radius 3 is 2.11 bits per heavy atom. The van der Waals surface area contributed by atoms with E-state index in [0.29, 0.717) is 0 Å². The Labute approximate surface area is 222 Å². The summed E-state index contributed by atoms with van der Waals surface area (Å²) in [4.78, 5) is 7.52. The fourth-order valence-electron chi connectivity index (χ4n) is 5.67. The third-order valence-electron chi connectivity index (χ3n) is 7.47. The molecule has 4 heteroatoms. The number of benzene rings is 5. The van der Waals surface area contributed by atoms with Gasteiger partial charge in [-0.1, -0.05) is 66.7 Å². The molecule has 0 radical (unpaired) electrons. The van der Waals surface area contributed by atoms with Crippen LogP contribution in [-0.4, -0.2) is 9.55 Å². The summed E-state index contributed by atoms with van der Waals surface area (Å²) < 4.78 is 2.27. The van der Waals surface area contributed by atoms with E-state index in [-0.39, 0.29) is 6.17 Å². The monoisotopic (exact) mass is 492 g/mol. The molecule has 0 bridgehead atoms. The van der Waals surface area contributed by atoms with Crippen LogP contribution in [0.5, 0.6) is 0 Å². The quantitative estimate of drug-likeness (QED) is 0.268. The number of nitrogens with one attached hydrogen (secondary N) is 1. The molecule has 5 aromatic carbocycles. The number of aromatic nitrogens is 2. The Morgan fingerprint density at radius 2 is 1.32 bits per heavy atom. The highest BCUT2D eigenvalue weighted by molar-refractivity contribution is 5.85. The van der Waals surface area contributed by atoms with Crippen molar-refractivity contribution in [2.24, 2.45) is 0 Å². The number of hydrogen-bond donors (Lipinski definition) is 1. The van der Waals surface area contributed by atoms with Crippen molar-refractivity contribution < 1.29 is 0 Å². The van der Waals surface area contributed by atoms with Gasteiger partial charge in [0.15, 0.2) is 0 Å². The first-order chi connectivity index (χ1) is 18.7. The van der Waals surface area contributed by atoms with Gasteiger partial charge in [0.1, 0.15) is 12.0 Å². The van der Waals surface area contributed by atoms with Crippen LogP contribution in [0.1, 0.15) is 22.9 Å². The molecule has 2 heterocycles. The van der Waals surface area contributed by atoms with E-state index in [2.05, 4.69) is 150 Å². The fourth-order valence-corrected chi connectivity index (χ4v) is 5.67. The average molecular weight is 493 g/mol. The topological polar surface area (TPSA) is 33.1 Å². The van der Waals surface area contributed by atoms with Crippen molar-refractivity contribution in [3.63, 3.8) is 0 Å². The minimum Gasteiger partial charge on any atom is -0.359 e. The van der Waals surface area contributed by atoms with Crippen LogP contribution in [0.4, 0.5) is 17.1 Å². The first kappa shape index (κ1) is 22.4. The van der Waals surface area contributed by atoms with E-state index in [4.69, 9.17) is 4.98 Å². The van der Waals surface area contributed by atoms with Crippen molar-refractivity contribution in [3.05, 3.63) is 138 Å². The Hall–Kier alpha value is -4.83. The number of para-hydroxylation sites is 6. The van der Waals surface area contributed by atoms with E-state index in [1.807, 2.05) is 0 Å². The zero-order valence-corrected chi connectivity index (χ0v) is 21.5. The third-order valence-corrected chi connectivity index (χ3v) is 7.47. The lowest BCUT2D eigenvalue weighted by Crippen LogP contribution is -2.24. The fraction of sp³-hybridized carbons (Fsp3) is 0.0882. The number of fused-ring (bicyclic) bond motifs is 2. The molecule has 0 saturated heterocycles. The highest BCUT2D eigenvalue weighted by Gasteiger charge is 2.32. The largest absolute Gasteiger partial charge is 0.359 e. The molecule has 4 nitrogen and oxygen atoms in total. The molecule has 1 aliphatic rings. The molecule has 184 valence electrons. The Kier molecular flexibility index (Phi) is 5.26. The Balaban J connectivity index is 1.38. The van der Waals surface area contributed by atoms with Crippen LogP contribution >= 0.6 is 0 Å². The summed E-state index contributed by atoms with van der Waals surface area (Å²) in [6, 6.07) is 42.7. The lowest BCUT2D eigenvalue weighted by Gasteiger charge is -2.29. The molecule has 7 rings (SSSR count). The van der Waals surface area contributed by atoms with Crippen LogP contribution in [0.2, 0.25) is 0 Å². The van der Waals surface area contributed by atoms with E-state index in [0.717, 1.165) is 33.8 Å². The molecular weight excluding hydrogens is 464 g/mol. The highest BCUT2D eigenvalue weighted by Crippen LogP contribution is 2.47. The van der Waals surface area contributed by atoms with Crippen molar-refractivity contribution in [2.75, 3.05) is 10.2 Å². The van der Waals surface area contributed by atoms with E-state index in [9.17, 15) is 0 Å². The van der Waals surface area contributed by atoms with Gasteiger partial charge in [-0.3, -0.25) is 4.57 Å². The second-order valence-corrected chi connectivity index (χ2v) is 9.89. The Morgan fingerprint density at radius 1 is 0.658 bits per heavy atom. The lowest BCUT2D eigenvalue weighted by molar-refractivity contribution is 0.819. The molecule has 1 aromatic heterocycles. The van der Waals surface area contributed by atoms with Crippen LogP contribution in [0.25, 0.3) is 28.1 Å². The van der Waals surface area contributed by atoms with Crippen LogP contribution in [0, 0.1) is 13.8 Å². The van der Waals surface area contributed by atoms with Crippen molar-refractivity contribution >= 4 is 28.1 Å². The molecule has 38 heavy (non-hydrogen) atoms. The first-order valence-corrected chi connectivity index (χ1v) is 13.0. The highest BCUT2D eigenvalue weighted by atomic mass is 15.3. The molecule has 0 saturated carbocycles. The summed E-state index contributed by atoms with van der Waals surface area (Å²) in [6.07, 6.45) is -0.00418. The molecule has 1 unspecified atom stereocenters. The summed E-state index contributed by atoms with van der Waals surface area (Å²) in [7, 11) is 0. The molecule has 1 atom stereocenters. The molecule has 0 aliphatic carbocycles. The van der Waals surface area contributed by atoms with Gasteiger partial charge in [0.05, 0.1) is 22.4 Å². The summed E-state index contributed by atoms with van der Waals surface area (Å²) in [5, 5.41) is 3.79. The molecule has 6 aromatic rings. The standard InChI is InChI=1S/C34H28N4/c1-23-21-28(34-36-30-18-10-12-20-32(30)38(34)26-15-7-4-8-16-26)24(2)22-27(23)33-35-29-17-9-11-19-31(29)37(33)25-13-5-3-6-14-25/h3-22,33,35H,1-2H3. The summed E-state index contributed by atoms with van der Waals surface area (Å²) >= 11 is 0. The maximum absolute atomic E-state index is 5.12. The zero-order chi connectivity index (χ0) is 25.6. The van der Waals surface area contributed by atoms with Crippen LogP contribution in [0.3, 0.4) is 0 Å². The van der Waals surface area contributed by atoms with E-state index in [1.165, 1.54) is 28.1 Å². The van der Waals surface area contributed by atoms with Crippen LogP contribution < -0.4 is 10.2 Å². The van der Waals surface area contributed by atoms with Gasteiger partial charge in [0, 0.05) is 16.9 Å². The molecule has 0 fully saturated rings. The SMILES string of the molecule is Cc1cc(C2Nc3ccccc3N2c2ccccc2)c(C)cc1-c1nc2ccccc2n1-c1ccccc1.